The Bertz CT molecular complexity index is 627. The molecule has 1 aromatic carbocycles. The second-order valence-corrected chi connectivity index (χ2v) is 8.12. The number of nitrogens with one attached hydrogen (secondary N) is 4. The number of nitrogens with zero attached hydrogens (tertiary/aromatic N) is 1. The minimum atomic E-state index is -0.203. The van der Waals surface area contributed by atoms with Crippen LogP contribution >= 0.6 is 24.0 Å². The molecule has 0 fully saturated rings. The molecule has 0 aromatic heterocycles. The Labute approximate surface area is 192 Å². The summed E-state index contributed by atoms with van der Waals surface area (Å²) in [4.78, 5) is 16.4. The van der Waals surface area contributed by atoms with Gasteiger partial charge in [-0.15, -0.1) is 24.0 Å². The van der Waals surface area contributed by atoms with Gasteiger partial charge in [0.25, 0.3) is 0 Å². The van der Waals surface area contributed by atoms with E-state index >= 15 is 0 Å². The molecule has 7 nitrogen and oxygen atoms in total. The first-order chi connectivity index (χ1) is 13.2. The number of hydrogen-bond donors (Lipinski definition) is 4. The van der Waals surface area contributed by atoms with Gasteiger partial charge in [0.2, 0.25) is 0 Å². The highest BCUT2D eigenvalue weighted by atomic mass is 127. The van der Waals surface area contributed by atoms with E-state index in [2.05, 4.69) is 47.0 Å². The molecule has 0 bridgehead atoms. The number of carbonyl (C=O) groups excluding carboxylic acids is 1. The van der Waals surface area contributed by atoms with Crippen molar-refractivity contribution in [1.29, 1.82) is 0 Å². The van der Waals surface area contributed by atoms with Crippen LogP contribution in [0.3, 0.4) is 0 Å². The van der Waals surface area contributed by atoms with Crippen LogP contribution < -0.4 is 21.3 Å². The van der Waals surface area contributed by atoms with Gasteiger partial charge in [0, 0.05) is 31.9 Å². The number of anilines is 1. The van der Waals surface area contributed by atoms with Crippen LogP contribution in [0.1, 0.15) is 47.1 Å². The van der Waals surface area contributed by atoms with Gasteiger partial charge in [0.05, 0.1) is 12.6 Å². The molecule has 1 aromatic rings. The highest BCUT2D eigenvalue weighted by Crippen LogP contribution is 2.20. The van der Waals surface area contributed by atoms with Crippen molar-refractivity contribution in [3.63, 3.8) is 0 Å². The quantitative estimate of drug-likeness (QED) is 0.238. The maximum Gasteiger partial charge on any atom is 0.319 e. The van der Waals surface area contributed by atoms with E-state index in [9.17, 15) is 4.79 Å². The van der Waals surface area contributed by atoms with Gasteiger partial charge < -0.3 is 26.0 Å². The van der Waals surface area contributed by atoms with Crippen molar-refractivity contribution in [3.05, 3.63) is 29.8 Å². The minimum absolute atomic E-state index is 0. The highest BCUT2D eigenvalue weighted by Gasteiger charge is 2.24. The molecular formula is C21H38IN5O2. The minimum Gasteiger partial charge on any atom is -0.379 e. The number of aliphatic imine (C=N–C) groups is 1. The van der Waals surface area contributed by atoms with Gasteiger partial charge in [-0.25, -0.2) is 9.79 Å². The lowest BCUT2D eigenvalue weighted by Crippen LogP contribution is -2.45. The molecule has 8 heteroatoms. The summed E-state index contributed by atoms with van der Waals surface area (Å²) < 4.78 is 5.59. The summed E-state index contributed by atoms with van der Waals surface area (Å²) in [6, 6.07) is 7.58. The molecule has 0 aliphatic rings. The molecule has 1 unspecified atom stereocenters. The summed E-state index contributed by atoms with van der Waals surface area (Å²) in [7, 11) is 1.73. The van der Waals surface area contributed by atoms with Crippen molar-refractivity contribution in [2.45, 2.75) is 60.2 Å². The SMILES string of the molecule is CCNC(=NCc1ccc(NC(=O)NC(C)C)cc1)NCC(OC)C(C)(C)C.I. The van der Waals surface area contributed by atoms with E-state index < -0.39 is 0 Å². The Hall–Kier alpha value is -1.55. The van der Waals surface area contributed by atoms with Crippen molar-refractivity contribution in [3.8, 4) is 0 Å². The average Bonchev–Trinajstić information content (AvgIpc) is 2.59. The standard InChI is InChI=1S/C21H37N5O2.HI/c1-8-22-19(24-14-18(28-7)21(4,5)6)23-13-16-9-11-17(12-10-16)26-20(27)25-15(2)3;/h9-12,15,18H,8,13-14H2,1-7H3,(H2,22,23,24)(H2,25,26,27);1H. The number of rotatable bonds is 8. The Morgan fingerprint density at radius 1 is 1.14 bits per heavy atom. The summed E-state index contributed by atoms with van der Waals surface area (Å²) in [6.45, 7) is 14.4. The van der Waals surface area contributed by atoms with Gasteiger partial charge in [0.1, 0.15) is 0 Å². The molecule has 166 valence electrons. The largest absolute Gasteiger partial charge is 0.379 e. The summed E-state index contributed by atoms with van der Waals surface area (Å²) in [6.07, 6.45) is 0.0821. The van der Waals surface area contributed by atoms with Gasteiger partial charge in [-0.05, 0) is 43.9 Å². The first kappa shape index (κ1) is 27.5. The molecule has 0 radical (unpaired) electrons. The van der Waals surface area contributed by atoms with Crippen LogP contribution in [0.4, 0.5) is 10.5 Å². The number of carbonyl (C=O) groups is 1. The second-order valence-electron chi connectivity index (χ2n) is 8.12. The fourth-order valence-electron chi connectivity index (χ4n) is 2.57. The topological polar surface area (TPSA) is 86.8 Å². The molecule has 0 aliphatic heterocycles. The molecule has 1 atom stereocenters. The van der Waals surface area contributed by atoms with Gasteiger partial charge in [0.15, 0.2) is 5.96 Å². The van der Waals surface area contributed by atoms with Crippen LogP contribution in [0.25, 0.3) is 0 Å². The lowest BCUT2D eigenvalue weighted by Gasteiger charge is -2.30. The van der Waals surface area contributed by atoms with Crippen LogP contribution in [0.2, 0.25) is 0 Å². The number of hydrogen-bond acceptors (Lipinski definition) is 3. The van der Waals surface area contributed by atoms with E-state index in [0.717, 1.165) is 23.8 Å². The smallest absolute Gasteiger partial charge is 0.319 e. The van der Waals surface area contributed by atoms with E-state index in [1.54, 1.807) is 7.11 Å². The number of benzene rings is 1. The molecule has 0 saturated heterocycles. The average molecular weight is 519 g/mol. The van der Waals surface area contributed by atoms with Crippen molar-refractivity contribution in [1.82, 2.24) is 16.0 Å². The first-order valence-corrected chi connectivity index (χ1v) is 9.87. The fraction of sp³-hybridized carbons (Fsp3) is 0.619. The Morgan fingerprint density at radius 2 is 1.76 bits per heavy atom. The summed E-state index contributed by atoms with van der Waals surface area (Å²) >= 11 is 0. The number of halogens is 1. The molecule has 29 heavy (non-hydrogen) atoms. The van der Waals surface area contributed by atoms with Crippen LogP contribution in [0, 0.1) is 5.41 Å². The number of ether oxygens (including phenoxy) is 1. The van der Waals surface area contributed by atoms with E-state index in [0.29, 0.717) is 13.1 Å². The number of amides is 2. The van der Waals surface area contributed by atoms with Crippen LogP contribution in [0.15, 0.2) is 29.3 Å². The number of guanidine groups is 1. The fourth-order valence-corrected chi connectivity index (χ4v) is 2.57. The van der Waals surface area contributed by atoms with Gasteiger partial charge in [-0.3, -0.25) is 0 Å². The van der Waals surface area contributed by atoms with Gasteiger partial charge >= 0.3 is 6.03 Å². The van der Waals surface area contributed by atoms with E-state index in [-0.39, 0.29) is 47.6 Å². The number of methoxy groups -OCH3 is 1. The monoisotopic (exact) mass is 519 g/mol. The van der Waals surface area contributed by atoms with Crippen LogP contribution in [-0.2, 0) is 11.3 Å². The normalized spacial score (nSPS) is 12.8. The summed E-state index contributed by atoms with van der Waals surface area (Å²) in [5.74, 6) is 0.757. The van der Waals surface area contributed by atoms with Crippen molar-refractivity contribution in [2.24, 2.45) is 10.4 Å². The van der Waals surface area contributed by atoms with Crippen LogP contribution in [-0.4, -0.2) is 44.3 Å². The van der Waals surface area contributed by atoms with Gasteiger partial charge in [-0.2, -0.15) is 0 Å². The van der Waals surface area contributed by atoms with Crippen molar-refractivity contribution < 1.29 is 9.53 Å². The zero-order chi connectivity index (χ0) is 21.2. The highest BCUT2D eigenvalue weighted by molar-refractivity contribution is 14.0. The van der Waals surface area contributed by atoms with Crippen molar-refractivity contribution >= 4 is 41.7 Å². The molecular weight excluding hydrogens is 481 g/mol. The summed E-state index contributed by atoms with van der Waals surface area (Å²) in [5.41, 5.74) is 1.86. The summed E-state index contributed by atoms with van der Waals surface area (Å²) in [5, 5.41) is 12.2. The molecule has 4 N–H and O–H groups in total. The van der Waals surface area contributed by atoms with E-state index in [4.69, 9.17) is 4.74 Å². The third kappa shape index (κ3) is 11.3. The third-order valence-corrected chi connectivity index (χ3v) is 4.10. The number of urea groups is 1. The van der Waals surface area contributed by atoms with Crippen molar-refractivity contribution in [2.75, 3.05) is 25.5 Å². The molecule has 0 spiro atoms. The predicted molar refractivity (Wildman–Crippen MR) is 132 cm³/mol. The molecule has 2 amide bonds. The Balaban J connectivity index is 0.00000784. The third-order valence-electron chi connectivity index (χ3n) is 4.10. The molecule has 1 rings (SSSR count). The molecule has 0 saturated carbocycles. The molecule has 0 heterocycles. The first-order valence-electron chi connectivity index (χ1n) is 9.87. The Kier molecular flexibility index (Phi) is 12.9. The maximum absolute atomic E-state index is 11.7. The van der Waals surface area contributed by atoms with E-state index in [1.807, 2.05) is 45.0 Å². The lowest BCUT2D eigenvalue weighted by atomic mass is 9.89. The molecule has 0 aliphatic carbocycles. The van der Waals surface area contributed by atoms with Gasteiger partial charge in [-0.1, -0.05) is 32.9 Å². The van der Waals surface area contributed by atoms with E-state index in [1.165, 1.54) is 0 Å². The Morgan fingerprint density at radius 3 is 2.24 bits per heavy atom. The van der Waals surface area contributed by atoms with Crippen LogP contribution in [0.5, 0.6) is 0 Å². The lowest BCUT2D eigenvalue weighted by molar-refractivity contribution is 0.0205. The zero-order valence-electron chi connectivity index (χ0n) is 18.8. The predicted octanol–water partition coefficient (Wildman–Crippen LogP) is 3.95. The zero-order valence-corrected chi connectivity index (χ0v) is 21.1. The maximum atomic E-state index is 11.7. The second kappa shape index (κ2) is 13.6.